The van der Waals surface area contributed by atoms with Gasteiger partial charge in [-0.1, -0.05) is 18.6 Å². The number of carboxylic acid groups (broad SMARTS) is 1. The molecule has 17 heavy (non-hydrogen) atoms. The van der Waals surface area contributed by atoms with E-state index in [1.165, 1.54) is 12.1 Å². The standard InChI is InChI=1S/C12H14F2O3/c1-6-3-8(7(2)5-10(15)16)11(17)9(4-6)12(13)14/h3-4,7,12,17H,5H2,1-2H3,(H,15,16). The smallest absolute Gasteiger partial charge is 0.303 e. The molecule has 0 aliphatic carbocycles. The van der Waals surface area contributed by atoms with Crippen LogP contribution in [0.2, 0.25) is 0 Å². The number of benzene rings is 1. The summed E-state index contributed by atoms with van der Waals surface area (Å²) in [7, 11) is 0. The summed E-state index contributed by atoms with van der Waals surface area (Å²) in [5, 5.41) is 18.3. The quantitative estimate of drug-likeness (QED) is 0.854. The van der Waals surface area contributed by atoms with Crippen molar-refractivity contribution >= 4 is 5.97 Å². The Bertz CT molecular complexity index is 430. The molecule has 1 atom stereocenters. The topological polar surface area (TPSA) is 57.5 Å². The van der Waals surface area contributed by atoms with Gasteiger partial charge in [-0.2, -0.15) is 0 Å². The van der Waals surface area contributed by atoms with Crippen molar-refractivity contribution in [3.8, 4) is 5.75 Å². The molecule has 0 bridgehead atoms. The molecule has 0 aliphatic rings. The van der Waals surface area contributed by atoms with Crippen molar-refractivity contribution in [2.45, 2.75) is 32.6 Å². The first kappa shape index (κ1) is 13.4. The second-order valence-electron chi connectivity index (χ2n) is 4.09. The van der Waals surface area contributed by atoms with Gasteiger partial charge >= 0.3 is 5.97 Å². The number of alkyl halides is 2. The lowest BCUT2D eigenvalue weighted by atomic mass is 9.93. The molecule has 0 fully saturated rings. The fraction of sp³-hybridized carbons (Fsp3) is 0.417. The van der Waals surface area contributed by atoms with Crippen molar-refractivity contribution < 1.29 is 23.8 Å². The molecule has 0 saturated carbocycles. The molecule has 0 spiro atoms. The Hall–Kier alpha value is -1.65. The van der Waals surface area contributed by atoms with Gasteiger partial charge in [0.05, 0.1) is 12.0 Å². The van der Waals surface area contributed by atoms with E-state index in [9.17, 15) is 18.7 Å². The van der Waals surface area contributed by atoms with E-state index in [1.807, 2.05) is 0 Å². The van der Waals surface area contributed by atoms with Gasteiger partial charge in [-0.25, -0.2) is 8.78 Å². The molecular weight excluding hydrogens is 230 g/mol. The number of aryl methyl sites for hydroxylation is 1. The van der Waals surface area contributed by atoms with Crippen LogP contribution in [0.3, 0.4) is 0 Å². The highest BCUT2D eigenvalue weighted by molar-refractivity contribution is 5.68. The molecule has 0 amide bonds. The van der Waals surface area contributed by atoms with Crippen molar-refractivity contribution in [3.63, 3.8) is 0 Å². The van der Waals surface area contributed by atoms with E-state index < -0.39 is 29.6 Å². The maximum Gasteiger partial charge on any atom is 0.303 e. The molecule has 0 radical (unpaired) electrons. The SMILES string of the molecule is Cc1cc(C(F)F)c(O)c(C(C)CC(=O)O)c1. The molecule has 0 heterocycles. The van der Waals surface area contributed by atoms with Gasteiger partial charge in [0, 0.05) is 0 Å². The van der Waals surface area contributed by atoms with Crippen LogP contribution in [0.25, 0.3) is 0 Å². The van der Waals surface area contributed by atoms with E-state index in [1.54, 1.807) is 13.8 Å². The second-order valence-corrected chi connectivity index (χ2v) is 4.09. The molecular formula is C12H14F2O3. The maximum atomic E-state index is 12.6. The highest BCUT2D eigenvalue weighted by atomic mass is 19.3. The second kappa shape index (κ2) is 5.12. The first-order chi connectivity index (χ1) is 7.82. The van der Waals surface area contributed by atoms with Crippen molar-refractivity contribution in [3.05, 3.63) is 28.8 Å². The van der Waals surface area contributed by atoms with E-state index in [4.69, 9.17) is 5.11 Å². The molecule has 5 heteroatoms. The van der Waals surface area contributed by atoms with Crippen LogP contribution < -0.4 is 0 Å². The van der Waals surface area contributed by atoms with E-state index in [2.05, 4.69) is 0 Å². The lowest BCUT2D eigenvalue weighted by Crippen LogP contribution is -2.04. The summed E-state index contributed by atoms with van der Waals surface area (Å²) in [6.07, 6.45) is -2.98. The first-order valence-electron chi connectivity index (χ1n) is 5.16. The van der Waals surface area contributed by atoms with E-state index in [0.29, 0.717) is 5.56 Å². The van der Waals surface area contributed by atoms with Crippen LogP contribution in [0.5, 0.6) is 5.75 Å². The molecule has 0 aliphatic heterocycles. The highest BCUT2D eigenvalue weighted by Gasteiger charge is 2.21. The summed E-state index contributed by atoms with van der Waals surface area (Å²) < 4.78 is 25.3. The van der Waals surface area contributed by atoms with Crippen molar-refractivity contribution in [2.75, 3.05) is 0 Å². The zero-order valence-electron chi connectivity index (χ0n) is 9.58. The monoisotopic (exact) mass is 244 g/mol. The zero-order valence-corrected chi connectivity index (χ0v) is 9.58. The van der Waals surface area contributed by atoms with Crippen molar-refractivity contribution in [1.82, 2.24) is 0 Å². The van der Waals surface area contributed by atoms with E-state index in [0.717, 1.165) is 0 Å². The minimum absolute atomic E-state index is 0.209. The molecule has 1 aromatic rings. The van der Waals surface area contributed by atoms with Crippen LogP contribution in [0.1, 0.15) is 42.4 Å². The molecule has 1 rings (SSSR count). The van der Waals surface area contributed by atoms with Gasteiger partial charge in [0.1, 0.15) is 5.75 Å². The van der Waals surface area contributed by atoms with Crippen LogP contribution >= 0.6 is 0 Å². The molecule has 2 N–H and O–H groups in total. The minimum Gasteiger partial charge on any atom is -0.507 e. The number of phenols is 1. The largest absolute Gasteiger partial charge is 0.507 e. The Morgan fingerprint density at radius 2 is 1.88 bits per heavy atom. The number of rotatable bonds is 4. The number of phenolic OH excluding ortho intramolecular Hbond substituents is 1. The average Bonchev–Trinajstić information content (AvgIpc) is 2.19. The molecule has 3 nitrogen and oxygen atoms in total. The molecule has 1 unspecified atom stereocenters. The van der Waals surface area contributed by atoms with E-state index in [-0.39, 0.29) is 12.0 Å². The normalized spacial score (nSPS) is 12.8. The van der Waals surface area contributed by atoms with Gasteiger partial charge < -0.3 is 10.2 Å². The average molecular weight is 244 g/mol. The number of halogens is 2. The number of aromatic hydroxyl groups is 1. The van der Waals surface area contributed by atoms with Crippen LogP contribution in [0.4, 0.5) is 8.78 Å². The van der Waals surface area contributed by atoms with Gasteiger partial charge in [0.15, 0.2) is 0 Å². The number of aliphatic carboxylic acids is 1. The summed E-state index contributed by atoms with van der Waals surface area (Å²) in [5.41, 5.74) is 0.380. The predicted molar refractivity (Wildman–Crippen MR) is 58.5 cm³/mol. The minimum atomic E-state index is -2.77. The Labute approximate surface area is 97.7 Å². The Kier molecular flexibility index (Phi) is 4.04. The number of hydrogen-bond donors (Lipinski definition) is 2. The van der Waals surface area contributed by atoms with Crippen LogP contribution in [0.15, 0.2) is 12.1 Å². The Morgan fingerprint density at radius 1 is 1.35 bits per heavy atom. The molecule has 0 saturated heterocycles. The summed E-state index contributed by atoms with van der Waals surface area (Å²) in [6.45, 7) is 3.21. The fourth-order valence-corrected chi connectivity index (χ4v) is 1.75. The number of carbonyl (C=O) groups is 1. The van der Waals surface area contributed by atoms with E-state index >= 15 is 0 Å². The molecule has 0 aromatic heterocycles. The lowest BCUT2D eigenvalue weighted by Gasteiger charge is -2.15. The molecule has 1 aromatic carbocycles. The maximum absolute atomic E-state index is 12.6. The van der Waals surface area contributed by atoms with Crippen LogP contribution in [0, 0.1) is 6.92 Å². The fourth-order valence-electron chi connectivity index (χ4n) is 1.75. The highest BCUT2D eigenvalue weighted by Crippen LogP contribution is 2.37. The van der Waals surface area contributed by atoms with Crippen LogP contribution in [-0.2, 0) is 4.79 Å². The summed E-state index contributed by atoms with van der Waals surface area (Å²) in [6, 6.07) is 2.74. The van der Waals surface area contributed by atoms with Gasteiger partial charge in [-0.3, -0.25) is 4.79 Å². The van der Waals surface area contributed by atoms with Gasteiger partial charge in [0.2, 0.25) is 0 Å². The van der Waals surface area contributed by atoms with Crippen molar-refractivity contribution in [2.24, 2.45) is 0 Å². The van der Waals surface area contributed by atoms with Crippen molar-refractivity contribution in [1.29, 1.82) is 0 Å². The Morgan fingerprint density at radius 3 is 2.35 bits per heavy atom. The third kappa shape index (κ3) is 3.15. The summed E-state index contributed by atoms with van der Waals surface area (Å²) >= 11 is 0. The number of hydrogen-bond acceptors (Lipinski definition) is 2. The van der Waals surface area contributed by atoms with Gasteiger partial charge in [0.25, 0.3) is 6.43 Å². The number of carboxylic acids is 1. The van der Waals surface area contributed by atoms with Gasteiger partial charge in [-0.05, 0) is 24.5 Å². The first-order valence-corrected chi connectivity index (χ1v) is 5.16. The molecule has 94 valence electrons. The third-order valence-corrected chi connectivity index (χ3v) is 2.56. The zero-order chi connectivity index (χ0) is 13.2. The Balaban J connectivity index is 3.19. The third-order valence-electron chi connectivity index (χ3n) is 2.56. The summed E-state index contributed by atoms with van der Waals surface area (Å²) in [4.78, 5) is 10.6. The van der Waals surface area contributed by atoms with Crippen LogP contribution in [-0.4, -0.2) is 16.2 Å². The van der Waals surface area contributed by atoms with Gasteiger partial charge in [-0.15, -0.1) is 0 Å². The predicted octanol–water partition coefficient (Wildman–Crippen LogP) is 3.22. The lowest BCUT2D eigenvalue weighted by molar-refractivity contribution is -0.137. The summed E-state index contributed by atoms with van der Waals surface area (Å²) in [5.74, 6) is -2.04.